The van der Waals surface area contributed by atoms with Gasteiger partial charge in [0.2, 0.25) is 0 Å². The Balaban J connectivity index is 1.60. The van der Waals surface area contributed by atoms with Gasteiger partial charge in [0.25, 0.3) is 11.5 Å². The van der Waals surface area contributed by atoms with E-state index >= 15 is 0 Å². The van der Waals surface area contributed by atoms with Gasteiger partial charge in [0.15, 0.2) is 0 Å². The molecule has 1 amide bonds. The topological polar surface area (TPSA) is 107 Å². The van der Waals surface area contributed by atoms with Crippen LogP contribution in [0.4, 0.5) is 0 Å². The monoisotopic (exact) mass is 357 g/mol. The first kappa shape index (κ1) is 16.0. The Kier molecular flexibility index (Phi) is 4.12. The molecule has 0 spiro atoms. The third-order valence-electron chi connectivity index (χ3n) is 4.62. The number of aromatic nitrogens is 4. The van der Waals surface area contributed by atoms with Gasteiger partial charge in [0.1, 0.15) is 10.7 Å². The van der Waals surface area contributed by atoms with Crippen LogP contribution in [0.25, 0.3) is 10.2 Å². The average molecular weight is 357 g/mol. The number of hydrogen-bond acceptors (Lipinski definition) is 5. The number of nitrogens with two attached hydrogens (primary N) is 1. The molecule has 0 atom stereocenters. The van der Waals surface area contributed by atoms with Crippen LogP contribution in [-0.2, 0) is 25.8 Å². The fraction of sp³-hybridized carbons (Fsp3) is 0.412. The maximum absolute atomic E-state index is 12.6. The third kappa shape index (κ3) is 3.09. The van der Waals surface area contributed by atoms with E-state index in [9.17, 15) is 9.59 Å². The van der Waals surface area contributed by atoms with Crippen molar-refractivity contribution in [3.63, 3.8) is 0 Å². The number of thiophene rings is 1. The van der Waals surface area contributed by atoms with Crippen molar-refractivity contribution in [2.24, 2.45) is 5.73 Å². The number of carbonyl (C=O) groups excluding carboxylic acids is 1. The van der Waals surface area contributed by atoms with Crippen LogP contribution in [-0.4, -0.2) is 25.7 Å². The molecule has 0 saturated carbocycles. The Morgan fingerprint density at radius 2 is 2.16 bits per heavy atom. The molecule has 1 aliphatic rings. The molecule has 130 valence electrons. The number of carbonyl (C=O) groups is 1. The molecule has 3 N–H and O–H groups in total. The molecule has 0 fully saturated rings. The molecule has 0 aliphatic heterocycles. The van der Waals surface area contributed by atoms with E-state index in [0.29, 0.717) is 24.4 Å². The molecule has 0 bridgehead atoms. The van der Waals surface area contributed by atoms with Crippen molar-refractivity contribution in [3.05, 3.63) is 44.6 Å². The summed E-state index contributed by atoms with van der Waals surface area (Å²) in [4.78, 5) is 33.4. The number of amides is 1. The second-order valence-electron chi connectivity index (χ2n) is 6.36. The molecule has 8 heteroatoms. The quantitative estimate of drug-likeness (QED) is 0.694. The van der Waals surface area contributed by atoms with E-state index in [1.807, 2.05) is 0 Å². The Labute approximate surface area is 147 Å². The van der Waals surface area contributed by atoms with E-state index in [-0.39, 0.29) is 5.56 Å². The van der Waals surface area contributed by atoms with Crippen LogP contribution >= 0.6 is 11.3 Å². The number of primary amides is 1. The minimum Gasteiger partial charge on any atom is -0.366 e. The molecule has 7 nitrogen and oxygen atoms in total. The van der Waals surface area contributed by atoms with Gasteiger partial charge in [-0.25, -0.2) is 4.98 Å². The minimum atomic E-state index is -0.501. The highest BCUT2D eigenvalue weighted by atomic mass is 32.1. The Morgan fingerprint density at radius 3 is 2.96 bits per heavy atom. The van der Waals surface area contributed by atoms with Crippen molar-refractivity contribution in [1.29, 1.82) is 0 Å². The van der Waals surface area contributed by atoms with Gasteiger partial charge in [-0.1, -0.05) is 6.42 Å². The minimum absolute atomic E-state index is 0.0438. The number of rotatable bonds is 4. The van der Waals surface area contributed by atoms with Crippen molar-refractivity contribution in [2.75, 3.05) is 0 Å². The number of aromatic amines is 1. The van der Waals surface area contributed by atoms with E-state index in [0.717, 1.165) is 29.5 Å². The van der Waals surface area contributed by atoms with E-state index < -0.39 is 5.91 Å². The summed E-state index contributed by atoms with van der Waals surface area (Å²) in [6, 6.07) is 0. The highest BCUT2D eigenvalue weighted by molar-refractivity contribution is 7.18. The molecule has 3 aromatic heterocycles. The average Bonchev–Trinajstić information content (AvgIpc) is 3.12. The first-order chi connectivity index (χ1) is 12.1. The number of nitrogens with zero attached hydrogens (tertiary/aromatic N) is 3. The van der Waals surface area contributed by atoms with Gasteiger partial charge in [-0.2, -0.15) is 5.10 Å². The zero-order valence-electron chi connectivity index (χ0n) is 13.7. The van der Waals surface area contributed by atoms with Crippen molar-refractivity contribution in [3.8, 4) is 0 Å². The smallest absolute Gasteiger partial charge is 0.259 e. The summed E-state index contributed by atoms with van der Waals surface area (Å²) in [5, 5.41) is 4.88. The lowest BCUT2D eigenvalue weighted by atomic mass is 10.1. The lowest BCUT2D eigenvalue weighted by Gasteiger charge is -2.02. The number of nitrogens with one attached hydrogen (secondary N) is 1. The number of H-pyrrole nitrogens is 1. The Bertz CT molecular complexity index is 1000. The Hall–Kier alpha value is -2.48. The number of hydrogen-bond donors (Lipinski definition) is 2. The van der Waals surface area contributed by atoms with Crippen LogP contribution in [0.15, 0.2) is 17.2 Å². The van der Waals surface area contributed by atoms with E-state index in [4.69, 9.17) is 5.73 Å². The molecule has 0 saturated heterocycles. The van der Waals surface area contributed by atoms with Gasteiger partial charge in [0.05, 0.1) is 17.1 Å². The molecule has 0 unspecified atom stereocenters. The number of aryl methyl sites for hydroxylation is 4. The highest BCUT2D eigenvalue weighted by Gasteiger charge is 2.18. The first-order valence-electron chi connectivity index (χ1n) is 8.47. The summed E-state index contributed by atoms with van der Waals surface area (Å²) in [6.45, 7) is 0.521. The molecule has 0 aromatic carbocycles. The standard InChI is InChI=1S/C17H19N5O2S/c18-15(23)10-8-19-22(9-10)7-6-13-20-16(24)14-11-4-2-1-3-5-12(11)25-17(14)21-13/h8-9H,1-7H2,(H2,18,23)(H,20,21,24). The van der Waals surface area contributed by atoms with Crippen LogP contribution in [0.3, 0.4) is 0 Å². The van der Waals surface area contributed by atoms with Gasteiger partial charge in [-0.3, -0.25) is 14.3 Å². The third-order valence-corrected chi connectivity index (χ3v) is 5.81. The van der Waals surface area contributed by atoms with Gasteiger partial charge >= 0.3 is 0 Å². The molecule has 3 aromatic rings. The van der Waals surface area contributed by atoms with E-state index in [1.165, 1.54) is 29.5 Å². The van der Waals surface area contributed by atoms with Crippen LogP contribution in [0, 0.1) is 0 Å². The van der Waals surface area contributed by atoms with Gasteiger partial charge < -0.3 is 10.7 Å². The summed E-state index contributed by atoms with van der Waals surface area (Å²) in [6.07, 6.45) is 9.16. The molecule has 1 aliphatic carbocycles. The van der Waals surface area contributed by atoms with Gasteiger partial charge in [-0.15, -0.1) is 11.3 Å². The molecule has 25 heavy (non-hydrogen) atoms. The fourth-order valence-electron chi connectivity index (χ4n) is 3.34. The first-order valence-corrected chi connectivity index (χ1v) is 9.29. The molecule has 3 heterocycles. The molecular formula is C17H19N5O2S. The summed E-state index contributed by atoms with van der Waals surface area (Å²) in [7, 11) is 0. The van der Waals surface area contributed by atoms with Gasteiger partial charge in [-0.05, 0) is 31.2 Å². The SMILES string of the molecule is NC(=O)c1cnn(CCc2nc3sc4c(c3c(=O)[nH]2)CCCCC4)c1. The summed E-state index contributed by atoms with van der Waals surface area (Å²) < 4.78 is 1.63. The summed E-state index contributed by atoms with van der Waals surface area (Å²) in [5.41, 5.74) is 6.76. The van der Waals surface area contributed by atoms with Crippen LogP contribution in [0.2, 0.25) is 0 Å². The zero-order chi connectivity index (χ0) is 17.4. The molecular weight excluding hydrogens is 338 g/mol. The fourth-order valence-corrected chi connectivity index (χ4v) is 4.62. The Morgan fingerprint density at radius 1 is 1.32 bits per heavy atom. The number of fused-ring (bicyclic) bond motifs is 3. The normalized spacial score (nSPS) is 14.4. The molecule has 4 rings (SSSR count). The van der Waals surface area contributed by atoms with Crippen molar-refractivity contribution in [2.45, 2.75) is 45.1 Å². The summed E-state index contributed by atoms with van der Waals surface area (Å²) in [5.74, 6) is 0.143. The predicted molar refractivity (Wildman–Crippen MR) is 95.9 cm³/mol. The second kappa shape index (κ2) is 6.44. The van der Waals surface area contributed by atoms with E-state index in [1.54, 1.807) is 22.2 Å². The van der Waals surface area contributed by atoms with Crippen molar-refractivity contribution >= 4 is 27.5 Å². The largest absolute Gasteiger partial charge is 0.366 e. The second-order valence-corrected chi connectivity index (χ2v) is 7.45. The van der Waals surface area contributed by atoms with E-state index in [2.05, 4.69) is 15.1 Å². The van der Waals surface area contributed by atoms with Crippen LogP contribution in [0.5, 0.6) is 0 Å². The maximum atomic E-state index is 12.6. The lowest BCUT2D eigenvalue weighted by Crippen LogP contribution is -2.14. The van der Waals surface area contributed by atoms with Gasteiger partial charge in [0, 0.05) is 24.0 Å². The van der Waals surface area contributed by atoms with Crippen LogP contribution < -0.4 is 11.3 Å². The molecule has 0 radical (unpaired) electrons. The van der Waals surface area contributed by atoms with Crippen molar-refractivity contribution < 1.29 is 4.79 Å². The zero-order valence-corrected chi connectivity index (χ0v) is 14.6. The highest BCUT2D eigenvalue weighted by Crippen LogP contribution is 2.32. The summed E-state index contributed by atoms with van der Waals surface area (Å²) >= 11 is 1.66. The van der Waals surface area contributed by atoms with Crippen LogP contribution in [0.1, 0.15) is 45.9 Å². The van der Waals surface area contributed by atoms with Crippen molar-refractivity contribution in [1.82, 2.24) is 19.7 Å². The predicted octanol–water partition coefficient (Wildman–Crippen LogP) is 1.79. The maximum Gasteiger partial charge on any atom is 0.259 e. The lowest BCUT2D eigenvalue weighted by molar-refractivity contribution is 0.1000.